The number of ether oxygens (including phenoxy) is 1. The van der Waals surface area contributed by atoms with E-state index < -0.39 is 0 Å². The first-order valence-electron chi connectivity index (χ1n) is 7.78. The number of likely N-dealkylation sites (tertiary alicyclic amines) is 1. The van der Waals surface area contributed by atoms with Gasteiger partial charge in [-0.05, 0) is 25.1 Å². The minimum Gasteiger partial charge on any atom is -0.483 e. The first kappa shape index (κ1) is 15.5. The zero-order valence-electron chi connectivity index (χ0n) is 13.1. The Balaban J connectivity index is 1.87. The van der Waals surface area contributed by atoms with Crippen LogP contribution >= 0.6 is 0 Å². The average Bonchev–Trinajstić information content (AvgIpc) is 2.57. The fourth-order valence-corrected chi connectivity index (χ4v) is 3.13. The van der Waals surface area contributed by atoms with Crippen LogP contribution in [-0.2, 0) is 0 Å². The highest BCUT2D eigenvalue weighted by atomic mass is 16.6. The van der Waals surface area contributed by atoms with Crippen molar-refractivity contribution in [3.05, 3.63) is 70.3 Å². The zero-order chi connectivity index (χ0) is 16.2. The van der Waals surface area contributed by atoms with Crippen LogP contribution in [0.5, 0.6) is 5.75 Å². The Labute approximate surface area is 135 Å². The van der Waals surface area contributed by atoms with Crippen LogP contribution in [0.15, 0.2) is 54.6 Å². The maximum Gasteiger partial charge on any atom is 0.310 e. The van der Waals surface area contributed by atoms with Crippen molar-refractivity contribution >= 4 is 5.69 Å². The van der Waals surface area contributed by atoms with E-state index in [4.69, 9.17) is 4.74 Å². The molecule has 120 valence electrons. The first-order valence-corrected chi connectivity index (χ1v) is 7.78. The summed E-state index contributed by atoms with van der Waals surface area (Å²) in [7, 11) is 2.09. The Morgan fingerprint density at radius 3 is 2.57 bits per heavy atom. The summed E-state index contributed by atoms with van der Waals surface area (Å²) < 4.78 is 6.09. The lowest BCUT2D eigenvalue weighted by atomic mass is 9.88. The largest absolute Gasteiger partial charge is 0.483 e. The Kier molecular flexibility index (Phi) is 4.57. The van der Waals surface area contributed by atoms with Crippen molar-refractivity contribution in [2.75, 3.05) is 20.1 Å². The molecular weight excluding hydrogens is 292 g/mol. The van der Waals surface area contributed by atoms with Gasteiger partial charge in [-0.1, -0.05) is 42.5 Å². The third-order valence-corrected chi connectivity index (χ3v) is 4.32. The summed E-state index contributed by atoms with van der Waals surface area (Å²) in [6.07, 6.45) is 0.789. The maximum atomic E-state index is 11.2. The molecule has 0 N–H and O–H groups in total. The number of nitrogens with zero attached hydrogens (tertiary/aromatic N) is 2. The van der Waals surface area contributed by atoms with E-state index in [-0.39, 0.29) is 22.6 Å². The second-order valence-electron chi connectivity index (χ2n) is 5.95. The minimum absolute atomic E-state index is 0.0261. The molecule has 0 aromatic heterocycles. The fourth-order valence-electron chi connectivity index (χ4n) is 3.13. The summed E-state index contributed by atoms with van der Waals surface area (Å²) in [5.41, 5.74) is 1.24. The lowest BCUT2D eigenvalue weighted by molar-refractivity contribution is -0.386. The third-order valence-electron chi connectivity index (χ3n) is 4.32. The van der Waals surface area contributed by atoms with Gasteiger partial charge in [0.25, 0.3) is 0 Å². The molecule has 0 aliphatic carbocycles. The highest BCUT2D eigenvalue weighted by molar-refractivity contribution is 5.46. The first-order chi connectivity index (χ1) is 11.1. The van der Waals surface area contributed by atoms with Gasteiger partial charge in [0.05, 0.1) is 4.92 Å². The van der Waals surface area contributed by atoms with Gasteiger partial charge in [0.15, 0.2) is 5.75 Å². The molecule has 0 unspecified atom stereocenters. The molecule has 2 aromatic rings. The van der Waals surface area contributed by atoms with E-state index in [2.05, 4.69) is 24.1 Å². The van der Waals surface area contributed by atoms with Crippen LogP contribution < -0.4 is 4.74 Å². The van der Waals surface area contributed by atoms with E-state index in [1.165, 1.54) is 11.6 Å². The molecule has 23 heavy (non-hydrogen) atoms. The van der Waals surface area contributed by atoms with E-state index in [1.807, 2.05) is 18.2 Å². The van der Waals surface area contributed by atoms with Crippen molar-refractivity contribution in [3.63, 3.8) is 0 Å². The lowest BCUT2D eigenvalue weighted by Gasteiger charge is -2.37. The number of likely N-dealkylation sites (N-methyl/N-ethyl adjacent to an activating group) is 1. The Hall–Kier alpha value is -2.40. The quantitative estimate of drug-likeness (QED) is 0.641. The molecule has 2 aromatic carbocycles. The molecule has 2 atom stereocenters. The number of para-hydroxylation sites is 2. The molecule has 3 rings (SSSR count). The summed E-state index contributed by atoms with van der Waals surface area (Å²) >= 11 is 0. The molecule has 0 saturated carbocycles. The van der Waals surface area contributed by atoms with E-state index >= 15 is 0 Å². The van der Waals surface area contributed by atoms with Crippen LogP contribution in [0.1, 0.15) is 17.9 Å². The molecule has 1 heterocycles. The van der Waals surface area contributed by atoms with Crippen LogP contribution in [0, 0.1) is 10.1 Å². The number of nitro benzene ring substituents is 1. The second kappa shape index (κ2) is 6.79. The highest BCUT2D eigenvalue weighted by Gasteiger charge is 2.32. The number of nitro groups is 1. The molecular formula is C18H20N2O3. The molecule has 1 fully saturated rings. The third kappa shape index (κ3) is 3.51. The average molecular weight is 312 g/mol. The van der Waals surface area contributed by atoms with Crippen LogP contribution in [-0.4, -0.2) is 36.1 Å². The Morgan fingerprint density at radius 2 is 1.83 bits per heavy atom. The van der Waals surface area contributed by atoms with E-state index in [1.54, 1.807) is 18.2 Å². The van der Waals surface area contributed by atoms with Crippen LogP contribution in [0.2, 0.25) is 0 Å². The molecule has 1 saturated heterocycles. The van der Waals surface area contributed by atoms with Gasteiger partial charge in [0.1, 0.15) is 6.10 Å². The van der Waals surface area contributed by atoms with Crippen LogP contribution in [0.25, 0.3) is 0 Å². The van der Waals surface area contributed by atoms with Gasteiger partial charge in [-0.25, -0.2) is 0 Å². The molecule has 5 nitrogen and oxygen atoms in total. The van der Waals surface area contributed by atoms with E-state index in [9.17, 15) is 10.1 Å². The van der Waals surface area contributed by atoms with Crippen LogP contribution in [0.3, 0.4) is 0 Å². The standard InChI is InChI=1S/C18H20N2O3/c1-19-12-11-17(15(13-19)14-7-3-2-4-8-14)23-18-10-6-5-9-16(18)20(21)22/h2-10,15,17H,11-13H2,1H3/t15-,17-/m0/s1. The molecule has 0 bridgehead atoms. The lowest BCUT2D eigenvalue weighted by Crippen LogP contribution is -2.42. The minimum atomic E-state index is -0.387. The van der Waals surface area contributed by atoms with Crippen molar-refractivity contribution < 1.29 is 9.66 Å². The highest BCUT2D eigenvalue weighted by Crippen LogP contribution is 2.34. The molecule has 5 heteroatoms. The van der Waals surface area contributed by atoms with Gasteiger partial charge in [0, 0.05) is 25.1 Å². The topological polar surface area (TPSA) is 55.6 Å². The zero-order valence-corrected chi connectivity index (χ0v) is 13.1. The van der Waals surface area contributed by atoms with Crippen molar-refractivity contribution in [1.82, 2.24) is 4.90 Å². The van der Waals surface area contributed by atoms with Gasteiger partial charge >= 0.3 is 5.69 Å². The summed E-state index contributed by atoms with van der Waals surface area (Å²) in [5, 5.41) is 11.2. The number of rotatable bonds is 4. The van der Waals surface area contributed by atoms with Crippen molar-refractivity contribution in [1.29, 1.82) is 0 Å². The Morgan fingerprint density at radius 1 is 1.13 bits per heavy atom. The Bertz CT molecular complexity index is 675. The molecule has 0 radical (unpaired) electrons. The number of benzene rings is 2. The fraction of sp³-hybridized carbons (Fsp3) is 0.333. The van der Waals surface area contributed by atoms with E-state index in [0.29, 0.717) is 5.75 Å². The summed E-state index contributed by atoms with van der Waals surface area (Å²) in [6.45, 7) is 1.81. The summed E-state index contributed by atoms with van der Waals surface area (Å²) in [6, 6.07) is 16.8. The molecule has 1 aliphatic heterocycles. The maximum absolute atomic E-state index is 11.2. The molecule has 1 aliphatic rings. The monoisotopic (exact) mass is 312 g/mol. The van der Waals surface area contributed by atoms with Gasteiger partial charge < -0.3 is 9.64 Å². The smallest absolute Gasteiger partial charge is 0.310 e. The van der Waals surface area contributed by atoms with Crippen molar-refractivity contribution in [3.8, 4) is 5.75 Å². The second-order valence-corrected chi connectivity index (χ2v) is 5.95. The predicted molar refractivity (Wildman–Crippen MR) is 88.8 cm³/mol. The van der Waals surface area contributed by atoms with Gasteiger partial charge in [-0.3, -0.25) is 10.1 Å². The number of hydrogen-bond donors (Lipinski definition) is 0. The number of piperidine rings is 1. The van der Waals surface area contributed by atoms with Crippen molar-refractivity contribution in [2.45, 2.75) is 18.4 Å². The SMILES string of the molecule is CN1CC[C@H](Oc2ccccc2[N+](=O)[O-])[C@H](c2ccccc2)C1. The van der Waals surface area contributed by atoms with Crippen LogP contribution in [0.4, 0.5) is 5.69 Å². The summed E-state index contributed by atoms with van der Waals surface area (Å²) in [4.78, 5) is 13.1. The van der Waals surface area contributed by atoms with Gasteiger partial charge in [-0.15, -0.1) is 0 Å². The van der Waals surface area contributed by atoms with Crippen molar-refractivity contribution in [2.24, 2.45) is 0 Å². The molecule has 0 amide bonds. The molecule has 0 spiro atoms. The predicted octanol–water partition coefficient (Wildman–Crippen LogP) is 3.46. The van der Waals surface area contributed by atoms with Gasteiger partial charge in [-0.2, -0.15) is 0 Å². The summed E-state index contributed by atoms with van der Waals surface area (Å²) in [5.74, 6) is 0.558. The normalized spacial score (nSPS) is 21.8. The van der Waals surface area contributed by atoms with E-state index in [0.717, 1.165) is 19.5 Å². The number of hydrogen-bond acceptors (Lipinski definition) is 4. The van der Waals surface area contributed by atoms with Gasteiger partial charge in [0.2, 0.25) is 0 Å².